The molecule has 3 aromatic rings. The molecule has 0 fully saturated rings. The number of nitrogens with zero attached hydrogens (tertiary/aromatic N) is 3. The minimum atomic E-state index is -0.586. The summed E-state index contributed by atoms with van der Waals surface area (Å²) in [6.45, 7) is 2.27. The van der Waals surface area contributed by atoms with E-state index in [0.717, 1.165) is 16.6 Å². The highest BCUT2D eigenvalue weighted by molar-refractivity contribution is 7.99. The first-order chi connectivity index (χ1) is 11.7. The van der Waals surface area contributed by atoms with E-state index in [2.05, 4.69) is 10.2 Å². The predicted molar refractivity (Wildman–Crippen MR) is 94.8 cm³/mol. The normalized spacial score (nSPS) is 12.1. The van der Waals surface area contributed by atoms with Crippen LogP contribution in [0.3, 0.4) is 0 Å². The number of ether oxygens (including phenoxy) is 1. The summed E-state index contributed by atoms with van der Waals surface area (Å²) in [5.74, 6) is 1.24. The van der Waals surface area contributed by atoms with Gasteiger partial charge in [-0.05, 0) is 31.2 Å². The van der Waals surface area contributed by atoms with Gasteiger partial charge in [0.2, 0.25) is 0 Å². The van der Waals surface area contributed by atoms with Crippen LogP contribution in [-0.4, -0.2) is 38.3 Å². The fraction of sp³-hybridized carbons (Fsp3) is 0.222. The van der Waals surface area contributed by atoms with Crippen LogP contribution in [0.5, 0.6) is 5.75 Å². The Balaban J connectivity index is 1.53. The van der Waals surface area contributed by atoms with Crippen molar-refractivity contribution in [3.05, 3.63) is 66.5 Å². The molecule has 1 aromatic heterocycles. The van der Waals surface area contributed by atoms with Gasteiger partial charge in [-0.3, -0.25) is 4.57 Å². The Morgan fingerprint density at radius 3 is 2.62 bits per heavy atom. The third-order valence-electron chi connectivity index (χ3n) is 3.42. The summed E-state index contributed by atoms with van der Waals surface area (Å²) in [7, 11) is 0. The fourth-order valence-electron chi connectivity index (χ4n) is 2.13. The van der Waals surface area contributed by atoms with Gasteiger partial charge < -0.3 is 9.84 Å². The van der Waals surface area contributed by atoms with Gasteiger partial charge in [0.05, 0.1) is 6.10 Å². The van der Waals surface area contributed by atoms with E-state index in [1.54, 1.807) is 6.33 Å². The molecule has 0 spiro atoms. The van der Waals surface area contributed by atoms with Crippen molar-refractivity contribution in [3.63, 3.8) is 0 Å². The SMILES string of the molecule is Cc1ccc(OCC(O)CSc2nncn2-c2ccccc2)cc1. The molecule has 3 rings (SSSR count). The van der Waals surface area contributed by atoms with Gasteiger partial charge in [-0.15, -0.1) is 10.2 Å². The predicted octanol–water partition coefficient (Wildman–Crippen LogP) is 3.11. The second-order valence-electron chi connectivity index (χ2n) is 5.41. The smallest absolute Gasteiger partial charge is 0.195 e. The summed E-state index contributed by atoms with van der Waals surface area (Å²) >= 11 is 1.45. The average molecular weight is 341 g/mol. The third kappa shape index (κ3) is 4.37. The maximum absolute atomic E-state index is 10.1. The Hall–Kier alpha value is -2.31. The van der Waals surface area contributed by atoms with Crippen molar-refractivity contribution in [1.82, 2.24) is 14.8 Å². The van der Waals surface area contributed by atoms with Crippen LogP contribution < -0.4 is 4.74 Å². The lowest BCUT2D eigenvalue weighted by Crippen LogP contribution is -2.20. The minimum absolute atomic E-state index is 0.246. The van der Waals surface area contributed by atoms with Gasteiger partial charge >= 0.3 is 0 Å². The Kier molecular flexibility index (Phi) is 5.51. The Bertz CT molecular complexity index is 759. The highest BCUT2D eigenvalue weighted by atomic mass is 32.2. The zero-order valence-corrected chi connectivity index (χ0v) is 14.2. The van der Waals surface area contributed by atoms with Crippen LogP contribution in [0.25, 0.3) is 5.69 Å². The molecule has 1 N–H and O–H groups in total. The number of thioether (sulfide) groups is 1. The zero-order chi connectivity index (χ0) is 16.8. The van der Waals surface area contributed by atoms with Crippen molar-refractivity contribution in [1.29, 1.82) is 0 Å². The zero-order valence-electron chi connectivity index (χ0n) is 13.4. The quantitative estimate of drug-likeness (QED) is 0.669. The number of rotatable bonds is 7. The molecule has 5 nitrogen and oxygen atoms in total. The number of benzene rings is 2. The van der Waals surface area contributed by atoms with Gasteiger partial charge in [0.15, 0.2) is 5.16 Å². The van der Waals surface area contributed by atoms with Crippen molar-refractivity contribution in [3.8, 4) is 11.4 Å². The van der Waals surface area contributed by atoms with Crippen LogP contribution in [0.15, 0.2) is 66.1 Å². The van der Waals surface area contributed by atoms with E-state index >= 15 is 0 Å². The van der Waals surface area contributed by atoms with Crippen molar-refractivity contribution in [2.45, 2.75) is 18.2 Å². The highest BCUT2D eigenvalue weighted by Crippen LogP contribution is 2.20. The lowest BCUT2D eigenvalue weighted by atomic mass is 10.2. The molecule has 0 bridgehead atoms. The molecular weight excluding hydrogens is 322 g/mol. The van der Waals surface area contributed by atoms with Gasteiger partial charge in [-0.25, -0.2) is 0 Å². The molecule has 0 amide bonds. The van der Waals surface area contributed by atoms with Gasteiger partial charge in [0.1, 0.15) is 18.7 Å². The van der Waals surface area contributed by atoms with E-state index in [1.807, 2.05) is 66.1 Å². The van der Waals surface area contributed by atoms with E-state index in [9.17, 15) is 5.11 Å². The topological polar surface area (TPSA) is 60.2 Å². The Morgan fingerprint density at radius 1 is 1.12 bits per heavy atom. The number of para-hydroxylation sites is 1. The maximum atomic E-state index is 10.1. The van der Waals surface area contributed by atoms with Crippen LogP contribution in [-0.2, 0) is 0 Å². The van der Waals surface area contributed by atoms with Crippen molar-refractivity contribution in [2.24, 2.45) is 0 Å². The van der Waals surface area contributed by atoms with Crippen LogP contribution in [0, 0.1) is 6.92 Å². The standard InChI is InChI=1S/C18H19N3O2S/c1-14-7-9-17(10-8-14)23-11-16(22)12-24-18-20-19-13-21(18)15-5-3-2-4-6-15/h2-10,13,16,22H,11-12H2,1H3. The van der Waals surface area contributed by atoms with E-state index in [0.29, 0.717) is 5.75 Å². The number of aliphatic hydroxyl groups excluding tert-OH is 1. The molecule has 0 aliphatic heterocycles. The van der Waals surface area contributed by atoms with Crippen molar-refractivity contribution in [2.75, 3.05) is 12.4 Å². The fourth-order valence-corrected chi connectivity index (χ4v) is 2.97. The van der Waals surface area contributed by atoms with E-state index in [4.69, 9.17) is 4.74 Å². The molecule has 0 saturated heterocycles. The third-order valence-corrected chi connectivity index (χ3v) is 4.51. The minimum Gasteiger partial charge on any atom is -0.491 e. The number of hydrogen-bond donors (Lipinski definition) is 1. The summed E-state index contributed by atoms with van der Waals surface area (Å²) in [4.78, 5) is 0. The molecule has 2 aromatic carbocycles. The molecule has 0 aliphatic rings. The van der Waals surface area contributed by atoms with E-state index < -0.39 is 6.10 Å². The van der Waals surface area contributed by atoms with Crippen LogP contribution in [0.1, 0.15) is 5.56 Å². The van der Waals surface area contributed by atoms with Crippen LogP contribution in [0.4, 0.5) is 0 Å². The summed E-state index contributed by atoms with van der Waals surface area (Å²) in [5.41, 5.74) is 2.18. The highest BCUT2D eigenvalue weighted by Gasteiger charge is 2.11. The average Bonchev–Trinajstić information content (AvgIpc) is 3.09. The van der Waals surface area contributed by atoms with Gasteiger partial charge in [0.25, 0.3) is 0 Å². The van der Waals surface area contributed by atoms with Crippen LogP contribution in [0.2, 0.25) is 0 Å². The largest absolute Gasteiger partial charge is 0.491 e. The summed E-state index contributed by atoms with van der Waals surface area (Å²) < 4.78 is 7.50. The van der Waals surface area contributed by atoms with Crippen molar-refractivity contribution >= 4 is 11.8 Å². The first-order valence-corrected chi connectivity index (χ1v) is 8.67. The second-order valence-corrected chi connectivity index (χ2v) is 6.40. The summed E-state index contributed by atoms with van der Waals surface area (Å²) in [5, 5.41) is 18.9. The molecule has 0 radical (unpaired) electrons. The molecule has 1 atom stereocenters. The molecule has 24 heavy (non-hydrogen) atoms. The molecule has 0 aliphatic carbocycles. The molecule has 1 unspecified atom stereocenters. The molecule has 124 valence electrons. The first-order valence-electron chi connectivity index (χ1n) is 7.68. The van der Waals surface area contributed by atoms with Crippen LogP contribution >= 0.6 is 11.8 Å². The first kappa shape index (κ1) is 16.5. The Labute approximate surface area is 145 Å². The number of aryl methyl sites for hydroxylation is 1. The number of aliphatic hydroxyl groups is 1. The maximum Gasteiger partial charge on any atom is 0.195 e. The molecule has 0 saturated carbocycles. The second kappa shape index (κ2) is 7.99. The molecule has 1 heterocycles. The van der Waals surface area contributed by atoms with E-state index in [1.165, 1.54) is 17.3 Å². The number of aromatic nitrogens is 3. The van der Waals surface area contributed by atoms with Gasteiger partial charge in [-0.1, -0.05) is 47.7 Å². The van der Waals surface area contributed by atoms with Gasteiger partial charge in [0, 0.05) is 11.4 Å². The lowest BCUT2D eigenvalue weighted by molar-refractivity contribution is 0.126. The number of hydrogen-bond acceptors (Lipinski definition) is 5. The van der Waals surface area contributed by atoms with Gasteiger partial charge in [-0.2, -0.15) is 0 Å². The van der Waals surface area contributed by atoms with Crippen molar-refractivity contribution < 1.29 is 9.84 Å². The van der Waals surface area contributed by atoms with E-state index in [-0.39, 0.29) is 6.61 Å². The summed E-state index contributed by atoms with van der Waals surface area (Å²) in [6, 6.07) is 17.7. The summed E-state index contributed by atoms with van der Waals surface area (Å²) in [6.07, 6.45) is 1.09. The monoisotopic (exact) mass is 341 g/mol. The Morgan fingerprint density at radius 2 is 1.88 bits per heavy atom. The molecule has 6 heteroatoms. The molecular formula is C18H19N3O2S. The lowest BCUT2D eigenvalue weighted by Gasteiger charge is -2.12.